The summed E-state index contributed by atoms with van der Waals surface area (Å²) >= 11 is 0. The molecule has 0 unspecified atom stereocenters. The van der Waals surface area contributed by atoms with Crippen LogP contribution in [0.5, 0.6) is 5.88 Å². The summed E-state index contributed by atoms with van der Waals surface area (Å²) in [5.41, 5.74) is 0.533. The molecule has 0 aliphatic carbocycles. The van der Waals surface area contributed by atoms with Crippen molar-refractivity contribution in [1.29, 1.82) is 0 Å². The molecule has 6 nitrogen and oxygen atoms in total. The van der Waals surface area contributed by atoms with E-state index in [2.05, 4.69) is 15.3 Å². The van der Waals surface area contributed by atoms with Gasteiger partial charge in [0.05, 0.1) is 5.56 Å². The van der Waals surface area contributed by atoms with Crippen molar-refractivity contribution < 1.29 is 9.90 Å². The molecule has 17 heavy (non-hydrogen) atoms. The highest BCUT2D eigenvalue weighted by atomic mass is 16.3. The number of carbonyl (C=O) groups is 1. The molecule has 0 saturated heterocycles. The third-order valence-corrected chi connectivity index (χ3v) is 2.21. The van der Waals surface area contributed by atoms with E-state index >= 15 is 0 Å². The van der Waals surface area contributed by atoms with Crippen LogP contribution in [0.3, 0.4) is 0 Å². The highest BCUT2D eigenvalue weighted by molar-refractivity contribution is 5.94. The van der Waals surface area contributed by atoms with Gasteiger partial charge in [-0.15, -0.1) is 0 Å². The zero-order valence-corrected chi connectivity index (χ0v) is 8.86. The van der Waals surface area contributed by atoms with Gasteiger partial charge in [-0.3, -0.25) is 14.6 Å². The van der Waals surface area contributed by atoms with Gasteiger partial charge >= 0.3 is 0 Å². The first-order chi connectivity index (χ1) is 8.15. The molecule has 4 N–H and O–H groups in total. The van der Waals surface area contributed by atoms with Gasteiger partial charge in [-0.1, -0.05) is 0 Å². The Morgan fingerprint density at radius 3 is 2.88 bits per heavy atom. The highest BCUT2D eigenvalue weighted by Crippen LogP contribution is 2.04. The zero-order chi connectivity index (χ0) is 12.3. The summed E-state index contributed by atoms with van der Waals surface area (Å²) in [7, 11) is 0. The second kappa shape index (κ2) is 4.56. The summed E-state index contributed by atoms with van der Waals surface area (Å²) in [4.78, 5) is 27.7. The maximum atomic E-state index is 11.7. The normalized spacial score (nSPS) is 10.1. The van der Waals surface area contributed by atoms with Crippen LogP contribution in [0.15, 0.2) is 35.4 Å². The minimum Gasteiger partial charge on any atom is -0.494 e. The minimum atomic E-state index is -0.517. The van der Waals surface area contributed by atoms with Gasteiger partial charge in [-0.2, -0.15) is 0 Å². The van der Waals surface area contributed by atoms with Crippen LogP contribution in [-0.2, 0) is 6.54 Å². The van der Waals surface area contributed by atoms with E-state index in [1.54, 1.807) is 12.4 Å². The van der Waals surface area contributed by atoms with E-state index in [1.807, 2.05) is 6.07 Å². The molecule has 0 radical (unpaired) electrons. The van der Waals surface area contributed by atoms with Crippen LogP contribution >= 0.6 is 0 Å². The maximum Gasteiger partial charge on any atom is 0.251 e. The van der Waals surface area contributed by atoms with Crippen LogP contribution in [0.4, 0.5) is 0 Å². The van der Waals surface area contributed by atoms with E-state index in [4.69, 9.17) is 5.11 Å². The smallest absolute Gasteiger partial charge is 0.251 e. The highest BCUT2D eigenvalue weighted by Gasteiger charge is 2.07. The number of H-pyrrole nitrogens is 2. The monoisotopic (exact) mass is 233 g/mol. The molecule has 88 valence electrons. The molecule has 0 bridgehead atoms. The molecule has 2 aromatic heterocycles. The van der Waals surface area contributed by atoms with Crippen LogP contribution in [0.1, 0.15) is 15.9 Å². The van der Waals surface area contributed by atoms with E-state index < -0.39 is 11.5 Å². The third-order valence-electron chi connectivity index (χ3n) is 2.21. The fraction of sp³-hybridized carbons (Fsp3) is 0.0909. The summed E-state index contributed by atoms with van der Waals surface area (Å²) in [5.74, 6) is -0.739. The number of hydrogen-bond acceptors (Lipinski definition) is 3. The van der Waals surface area contributed by atoms with E-state index in [-0.39, 0.29) is 11.4 Å². The average Bonchev–Trinajstić information content (AvgIpc) is 2.77. The average molecular weight is 233 g/mol. The Labute approximate surface area is 96.3 Å². The molecule has 0 aliphatic rings. The van der Waals surface area contributed by atoms with Crippen molar-refractivity contribution in [1.82, 2.24) is 15.3 Å². The standard InChI is InChI=1S/C11H11N3O3/c15-9-3-8(4-10(16)14-9)11(17)13-6-7-1-2-12-5-7/h1-5,12H,6H2,(H,13,17)(H2,14,15,16). The lowest BCUT2D eigenvalue weighted by Gasteiger charge is -2.03. The zero-order valence-electron chi connectivity index (χ0n) is 8.86. The number of amides is 1. The molecular formula is C11H11N3O3. The lowest BCUT2D eigenvalue weighted by atomic mass is 10.2. The van der Waals surface area contributed by atoms with Crippen molar-refractivity contribution in [3.8, 4) is 5.88 Å². The largest absolute Gasteiger partial charge is 0.494 e. The molecule has 2 heterocycles. The lowest BCUT2D eigenvalue weighted by molar-refractivity contribution is 0.0950. The topological polar surface area (TPSA) is 98.0 Å². The van der Waals surface area contributed by atoms with Gasteiger partial charge in [0, 0.05) is 31.1 Å². The van der Waals surface area contributed by atoms with Crippen molar-refractivity contribution in [2.45, 2.75) is 6.54 Å². The molecule has 0 spiro atoms. The molecule has 2 rings (SSSR count). The second-order valence-electron chi connectivity index (χ2n) is 3.52. The Balaban J connectivity index is 2.07. The number of aromatic amines is 2. The minimum absolute atomic E-state index is 0.127. The van der Waals surface area contributed by atoms with E-state index in [0.29, 0.717) is 6.54 Å². The summed E-state index contributed by atoms with van der Waals surface area (Å²) in [6, 6.07) is 4.16. The van der Waals surface area contributed by atoms with Crippen molar-refractivity contribution in [3.63, 3.8) is 0 Å². The molecule has 0 aliphatic heterocycles. The van der Waals surface area contributed by atoms with Crippen molar-refractivity contribution >= 4 is 5.91 Å². The number of aromatic nitrogens is 2. The molecule has 6 heteroatoms. The number of nitrogens with one attached hydrogen (secondary N) is 3. The number of aromatic hydroxyl groups is 1. The maximum absolute atomic E-state index is 11.7. The summed E-state index contributed by atoms with van der Waals surface area (Å²) in [5, 5.41) is 11.8. The second-order valence-corrected chi connectivity index (χ2v) is 3.52. The van der Waals surface area contributed by atoms with Crippen molar-refractivity contribution in [3.05, 3.63) is 52.1 Å². The Hall–Kier alpha value is -2.50. The first-order valence-corrected chi connectivity index (χ1v) is 4.98. The summed E-state index contributed by atoms with van der Waals surface area (Å²) < 4.78 is 0. The summed E-state index contributed by atoms with van der Waals surface area (Å²) in [6.07, 6.45) is 3.51. The van der Waals surface area contributed by atoms with Gasteiger partial charge in [-0.05, 0) is 11.6 Å². The van der Waals surface area contributed by atoms with Crippen molar-refractivity contribution in [2.75, 3.05) is 0 Å². The van der Waals surface area contributed by atoms with Crippen LogP contribution in [-0.4, -0.2) is 21.0 Å². The van der Waals surface area contributed by atoms with Gasteiger partial charge in [0.2, 0.25) is 0 Å². The molecular weight excluding hydrogens is 222 g/mol. The first kappa shape index (κ1) is 11.0. The molecule has 0 fully saturated rings. The number of carbonyl (C=O) groups excluding carboxylic acids is 1. The van der Waals surface area contributed by atoms with Crippen LogP contribution < -0.4 is 10.9 Å². The van der Waals surface area contributed by atoms with Gasteiger partial charge < -0.3 is 15.4 Å². The van der Waals surface area contributed by atoms with Gasteiger partial charge in [-0.25, -0.2) is 0 Å². The molecule has 0 saturated carbocycles. The van der Waals surface area contributed by atoms with Gasteiger partial charge in [0.25, 0.3) is 11.5 Å². The van der Waals surface area contributed by atoms with E-state index in [9.17, 15) is 9.59 Å². The molecule has 0 aromatic carbocycles. The van der Waals surface area contributed by atoms with E-state index in [0.717, 1.165) is 11.6 Å². The molecule has 0 atom stereocenters. The fourth-order valence-corrected chi connectivity index (χ4v) is 1.41. The predicted octanol–water partition coefficient (Wildman–Crippen LogP) is 0.339. The fourth-order valence-electron chi connectivity index (χ4n) is 1.41. The van der Waals surface area contributed by atoms with Crippen LogP contribution in [0.25, 0.3) is 0 Å². The Kier molecular flexibility index (Phi) is 2.95. The molecule has 2 aromatic rings. The predicted molar refractivity (Wildman–Crippen MR) is 60.7 cm³/mol. The van der Waals surface area contributed by atoms with Gasteiger partial charge in [0.15, 0.2) is 5.88 Å². The Morgan fingerprint density at radius 1 is 1.41 bits per heavy atom. The first-order valence-electron chi connectivity index (χ1n) is 4.98. The number of hydrogen-bond donors (Lipinski definition) is 4. The molecule has 1 amide bonds. The number of rotatable bonds is 3. The van der Waals surface area contributed by atoms with E-state index in [1.165, 1.54) is 6.07 Å². The van der Waals surface area contributed by atoms with Crippen LogP contribution in [0.2, 0.25) is 0 Å². The van der Waals surface area contributed by atoms with Gasteiger partial charge in [0.1, 0.15) is 0 Å². The summed E-state index contributed by atoms with van der Waals surface area (Å²) in [6.45, 7) is 0.357. The van der Waals surface area contributed by atoms with Crippen molar-refractivity contribution in [2.24, 2.45) is 0 Å². The Morgan fingerprint density at radius 2 is 2.24 bits per heavy atom. The number of pyridine rings is 1. The quantitative estimate of drug-likeness (QED) is 0.615. The van der Waals surface area contributed by atoms with Crippen LogP contribution in [0, 0.1) is 0 Å². The third kappa shape index (κ3) is 2.75. The SMILES string of the molecule is O=C(NCc1cc[nH]c1)c1cc(O)[nH]c(=O)c1. The Bertz CT molecular complexity index is 572. The lowest BCUT2D eigenvalue weighted by Crippen LogP contribution is -2.24.